The lowest BCUT2D eigenvalue weighted by Gasteiger charge is -2.20. The summed E-state index contributed by atoms with van der Waals surface area (Å²) in [7, 11) is 0. The van der Waals surface area contributed by atoms with E-state index >= 15 is 0 Å². The number of carbonyl (C=O) groups is 2. The van der Waals surface area contributed by atoms with Gasteiger partial charge in [0, 0.05) is 15.9 Å². The molecule has 2 aromatic carbocycles. The van der Waals surface area contributed by atoms with Gasteiger partial charge < -0.3 is 15.0 Å². The third-order valence-electron chi connectivity index (χ3n) is 4.53. The van der Waals surface area contributed by atoms with Crippen LogP contribution in [0.1, 0.15) is 42.4 Å². The Labute approximate surface area is 185 Å². The molecule has 5 nitrogen and oxygen atoms in total. The van der Waals surface area contributed by atoms with E-state index < -0.39 is 11.5 Å². The van der Waals surface area contributed by atoms with E-state index in [1.165, 1.54) is 0 Å². The zero-order chi connectivity index (χ0) is 22.1. The predicted molar refractivity (Wildman–Crippen MR) is 122 cm³/mol. The molecule has 3 aromatic rings. The molecule has 1 amide bonds. The van der Waals surface area contributed by atoms with Gasteiger partial charge in [0.1, 0.15) is 5.60 Å². The fourth-order valence-electron chi connectivity index (χ4n) is 3.30. The van der Waals surface area contributed by atoms with Crippen molar-refractivity contribution < 1.29 is 14.3 Å². The summed E-state index contributed by atoms with van der Waals surface area (Å²) >= 11 is 3.46. The minimum Gasteiger partial charge on any atom is -0.456 e. The molecule has 30 heavy (non-hydrogen) atoms. The van der Waals surface area contributed by atoms with E-state index in [0.29, 0.717) is 5.56 Å². The van der Waals surface area contributed by atoms with Crippen molar-refractivity contribution in [2.24, 2.45) is 5.73 Å². The van der Waals surface area contributed by atoms with Crippen molar-refractivity contribution in [2.75, 3.05) is 0 Å². The zero-order valence-corrected chi connectivity index (χ0v) is 19.1. The third-order valence-corrected chi connectivity index (χ3v) is 5.06. The second kappa shape index (κ2) is 8.48. The number of carbonyl (C=O) groups excluding carboxylic acids is 2. The number of esters is 1. The monoisotopic (exact) mass is 468 g/mol. The summed E-state index contributed by atoms with van der Waals surface area (Å²) in [5.41, 5.74) is 9.90. The minimum absolute atomic E-state index is 0.115. The largest absolute Gasteiger partial charge is 0.456 e. The van der Waals surface area contributed by atoms with E-state index in [4.69, 9.17) is 10.5 Å². The van der Waals surface area contributed by atoms with Gasteiger partial charge in [0.15, 0.2) is 0 Å². The lowest BCUT2D eigenvalue weighted by atomic mass is 10.1. The van der Waals surface area contributed by atoms with Gasteiger partial charge in [-0.15, -0.1) is 0 Å². The van der Waals surface area contributed by atoms with Crippen molar-refractivity contribution in [1.29, 1.82) is 0 Å². The number of primary amides is 1. The van der Waals surface area contributed by atoms with Crippen LogP contribution in [0.15, 0.2) is 59.1 Å². The van der Waals surface area contributed by atoms with Crippen LogP contribution in [-0.4, -0.2) is 22.0 Å². The van der Waals surface area contributed by atoms with Gasteiger partial charge in [0.25, 0.3) is 0 Å². The molecule has 0 radical (unpaired) electrons. The fourth-order valence-corrected chi connectivity index (χ4v) is 3.56. The molecule has 0 saturated heterocycles. The van der Waals surface area contributed by atoms with Crippen LogP contribution in [0, 0.1) is 6.92 Å². The Balaban J connectivity index is 2.09. The molecule has 0 atom stereocenters. The van der Waals surface area contributed by atoms with Crippen molar-refractivity contribution in [3.05, 3.63) is 75.9 Å². The number of hydrogen-bond donors (Lipinski definition) is 1. The van der Waals surface area contributed by atoms with Crippen LogP contribution < -0.4 is 5.73 Å². The topological polar surface area (TPSA) is 74.3 Å². The highest BCUT2D eigenvalue weighted by Crippen LogP contribution is 2.30. The first kappa shape index (κ1) is 21.8. The van der Waals surface area contributed by atoms with Gasteiger partial charge in [-0.25, -0.2) is 4.79 Å². The first-order chi connectivity index (χ1) is 14.0. The summed E-state index contributed by atoms with van der Waals surface area (Å²) in [5.74, 6) is -0.769. The molecule has 0 saturated carbocycles. The number of ether oxygens (including phenoxy) is 1. The lowest BCUT2D eigenvalue weighted by molar-refractivity contribution is -0.117. The number of hydrogen-bond acceptors (Lipinski definition) is 3. The Bertz CT molecular complexity index is 1090. The highest BCUT2D eigenvalue weighted by atomic mass is 79.9. The van der Waals surface area contributed by atoms with E-state index in [0.717, 1.165) is 32.7 Å². The van der Waals surface area contributed by atoms with Crippen molar-refractivity contribution in [2.45, 2.75) is 39.7 Å². The number of halogens is 1. The van der Waals surface area contributed by atoms with E-state index in [1.54, 1.807) is 6.07 Å². The number of amides is 1. The molecule has 2 N–H and O–H groups in total. The van der Waals surface area contributed by atoms with E-state index in [1.807, 2.05) is 80.8 Å². The van der Waals surface area contributed by atoms with Crippen LogP contribution in [0.25, 0.3) is 16.9 Å². The van der Waals surface area contributed by atoms with Crippen molar-refractivity contribution in [3.63, 3.8) is 0 Å². The number of aryl methyl sites for hydroxylation is 1. The van der Waals surface area contributed by atoms with E-state index in [2.05, 4.69) is 15.9 Å². The van der Waals surface area contributed by atoms with Gasteiger partial charge in [-0.05, 0) is 81.3 Å². The molecular weight excluding hydrogens is 444 g/mol. The van der Waals surface area contributed by atoms with Gasteiger partial charge in [0.05, 0.1) is 17.7 Å². The first-order valence-corrected chi connectivity index (χ1v) is 10.4. The quantitative estimate of drug-likeness (QED) is 0.522. The summed E-state index contributed by atoms with van der Waals surface area (Å²) in [5, 5.41) is 0. The average molecular weight is 469 g/mol. The lowest BCUT2D eigenvalue weighted by Crippen LogP contribution is -2.24. The van der Waals surface area contributed by atoms with E-state index in [-0.39, 0.29) is 12.4 Å². The second-order valence-electron chi connectivity index (χ2n) is 8.20. The molecule has 0 aliphatic rings. The van der Waals surface area contributed by atoms with Gasteiger partial charge in [-0.3, -0.25) is 4.79 Å². The summed E-state index contributed by atoms with van der Waals surface area (Å²) in [4.78, 5) is 24.1. The number of nitrogens with two attached hydrogens (primary N) is 1. The molecule has 6 heteroatoms. The molecule has 156 valence electrons. The highest BCUT2D eigenvalue weighted by Gasteiger charge is 2.20. The molecule has 0 spiro atoms. The van der Waals surface area contributed by atoms with Gasteiger partial charge >= 0.3 is 5.97 Å². The zero-order valence-electron chi connectivity index (χ0n) is 17.5. The minimum atomic E-state index is -0.562. The van der Waals surface area contributed by atoms with Gasteiger partial charge in [-0.2, -0.15) is 0 Å². The summed E-state index contributed by atoms with van der Waals surface area (Å²) < 4.78 is 8.48. The maximum atomic E-state index is 12.4. The highest BCUT2D eigenvalue weighted by molar-refractivity contribution is 9.10. The molecule has 1 heterocycles. The maximum Gasteiger partial charge on any atom is 0.338 e. The smallest absolute Gasteiger partial charge is 0.338 e. The van der Waals surface area contributed by atoms with Crippen LogP contribution in [0.5, 0.6) is 0 Å². The number of benzene rings is 2. The third kappa shape index (κ3) is 5.00. The Morgan fingerprint density at radius 2 is 1.70 bits per heavy atom. The van der Waals surface area contributed by atoms with Crippen LogP contribution in [0.4, 0.5) is 0 Å². The number of aromatic nitrogens is 1. The predicted octanol–water partition coefficient (Wildman–Crippen LogP) is 5.20. The number of rotatable bonds is 5. The van der Waals surface area contributed by atoms with Crippen LogP contribution in [-0.2, 0) is 16.0 Å². The molecule has 0 unspecified atom stereocenters. The Morgan fingerprint density at radius 3 is 2.27 bits per heavy atom. The Morgan fingerprint density at radius 1 is 1.03 bits per heavy atom. The maximum absolute atomic E-state index is 12.4. The van der Waals surface area contributed by atoms with Crippen molar-refractivity contribution in [3.8, 4) is 16.9 Å². The van der Waals surface area contributed by atoms with Crippen LogP contribution in [0.2, 0.25) is 0 Å². The fraction of sp³-hybridized carbons (Fsp3) is 0.250. The second-order valence-corrected chi connectivity index (χ2v) is 9.11. The SMILES string of the molecule is Cc1cc(C(=O)OC(C)(C)C)ccc1-n1c(CC(N)=O)ccc1-c1ccc(Br)cc1. The average Bonchev–Trinajstić information content (AvgIpc) is 3.03. The number of nitrogens with zero attached hydrogens (tertiary/aromatic N) is 1. The van der Waals surface area contributed by atoms with Gasteiger partial charge in [-0.1, -0.05) is 28.1 Å². The van der Waals surface area contributed by atoms with Crippen molar-refractivity contribution in [1.82, 2.24) is 4.57 Å². The van der Waals surface area contributed by atoms with Crippen molar-refractivity contribution >= 4 is 27.8 Å². The normalized spacial score (nSPS) is 11.4. The molecule has 1 aromatic heterocycles. The molecule has 3 rings (SSSR count). The first-order valence-electron chi connectivity index (χ1n) is 9.64. The summed E-state index contributed by atoms with van der Waals surface area (Å²) in [6.07, 6.45) is 0.115. The summed E-state index contributed by atoms with van der Waals surface area (Å²) in [6, 6.07) is 17.3. The molecule has 0 fully saturated rings. The van der Waals surface area contributed by atoms with Crippen LogP contribution in [0.3, 0.4) is 0 Å². The molecule has 0 aliphatic carbocycles. The Kier molecular flexibility index (Phi) is 6.17. The Hall–Kier alpha value is -2.86. The molecule has 0 aliphatic heterocycles. The van der Waals surface area contributed by atoms with Crippen LogP contribution >= 0.6 is 15.9 Å². The molecular formula is C24H25BrN2O3. The standard InChI is InChI=1S/C24H25BrN2O3/c1-15-13-17(23(29)30-24(2,3)4)7-11-20(15)27-19(14-22(26)28)10-12-21(27)16-5-8-18(25)9-6-16/h5-13H,14H2,1-4H3,(H2,26,28). The molecule has 0 bridgehead atoms. The van der Waals surface area contributed by atoms with Gasteiger partial charge in [0.2, 0.25) is 5.91 Å². The van der Waals surface area contributed by atoms with E-state index in [9.17, 15) is 9.59 Å². The summed E-state index contributed by atoms with van der Waals surface area (Å²) in [6.45, 7) is 7.45.